The molecule has 1 aromatic carbocycles. The zero-order chi connectivity index (χ0) is 18.1. The second-order valence-electron chi connectivity index (χ2n) is 7.14. The predicted octanol–water partition coefficient (Wildman–Crippen LogP) is 2.76. The summed E-state index contributed by atoms with van der Waals surface area (Å²) in [6.07, 6.45) is 1.96. The molecule has 7 heteroatoms. The van der Waals surface area contributed by atoms with Gasteiger partial charge >= 0.3 is 0 Å². The third-order valence-electron chi connectivity index (χ3n) is 4.99. The Morgan fingerprint density at radius 3 is 2.96 bits per heavy atom. The zero-order valence-corrected chi connectivity index (χ0v) is 15.2. The number of amides is 1. The van der Waals surface area contributed by atoms with E-state index in [4.69, 9.17) is 9.26 Å². The van der Waals surface area contributed by atoms with Crippen molar-refractivity contribution >= 4 is 11.6 Å². The first kappa shape index (κ1) is 17.0. The van der Waals surface area contributed by atoms with E-state index in [-0.39, 0.29) is 17.9 Å². The lowest BCUT2D eigenvalue weighted by molar-refractivity contribution is -0.120. The Morgan fingerprint density at radius 1 is 1.31 bits per heavy atom. The highest BCUT2D eigenvalue weighted by molar-refractivity contribution is 5.96. The minimum Gasteiger partial charge on any atom is -0.490 e. The number of fused-ring (bicyclic) bond motifs is 1. The summed E-state index contributed by atoms with van der Waals surface area (Å²) < 4.78 is 11.1. The van der Waals surface area contributed by atoms with Crippen LogP contribution in [0.25, 0.3) is 0 Å². The van der Waals surface area contributed by atoms with E-state index < -0.39 is 0 Å². The van der Waals surface area contributed by atoms with Crippen LogP contribution in [0.4, 0.5) is 5.69 Å². The van der Waals surface area contributed by atoms with Gasteiger partial charge in [-0.2, -0.15) is 4.98 Å². The van der Waals surface area contributed by atoms with Crippen LogP contribution < -0.4 is 9.64 Å². The smallest absolute Gasteiger partial charge is 0.244 e. The number of carbonyl (C=O) groups is 1. The van der Waals surface area contributed by atoms with Gasteiger partial charge in [0.25, 0.3) is 0 Å². The number of hydrogen-bond donors (Lipinski definition) is 0. The maximum Gasteiger partial charge on any atom is 0.244 e. The highest BCUT2D eigenvalue weighted by atomic mass is 16.5. The number of hydrogen-bond acceptors (Lipinski definition) is 6. The fourth-order valence-corrected chi connectivity index (χ4v) is 3.60. The molecule has 1 saturated heterocycles. The molecule has 1 unspecified atom stereocenters. The topological polar surface area (TPSA) is 71.7 Å². The number of anilines is 1. The lowest BCUT2D eigenvalue weighted by Crippen LogP contribution is -2.44. The molecule has 0 bridgehead atoms. The van der Waals surface area contributed by atoms with Crippen LogP contribution in [0.1, 0.15) is 50.4 Å². The van der Waals surface area contributed by atoms with Crippen LogP contribution in [-0.4, -0.2) is 47.2 Å². The molecular weight excluding hydrogens is 332 g/mol. The largest absolute Gasteiger partial charge is 0.490 e. The van der Waals surface area contributed by atoms with E-state index in [1.54, 1.807) is 0 Å². The molecular formula is C19H24N4O3. The van der Waals surface area contributed by atoms with Crippen molar-refractivity contribution in [3.8, 4) is 5.75 Å². The van der Waals surface area contributed by atoms with Gasteiger partial charge < -0.3 is 14.2 Å². The molecule has 2 aromatic rings. The second-order valence-corrected chi connectivity index (χ2v) is 7.14. The average molecular weight is 356 g/mol. The highest BCUT2D eigenvalue weighted by Crippen LogP contribution is 2.34. The van der Waals surface area contributed by atoms with Gasteiger partial charge in [-0.25, -0.2) is 0 Å². The number of aromatic nitrogens is 2. The fourth-order valence-electron chi connectivity index (χ4n) is 3.60. The van der Waals surface area contributed by atoms with Gasteiger partial charge in [0.05, 0.1) is 24.8 Å². The standard InChI is InChI=1S/C19H24N4O3/c1-13(2)18-20-19(26-21-18)15-7-5-9-22(15)12-17(24)23-10-11-25-16-8-4-3-6-14(16)23/h3-4,6,8,13,15H,5,7,9-12H2,1-2H3. The highest BCUT2D eigenvalue weighted by Gasteiger charge is 2.34. The lowest BCUT2D eigenvalue weighted by Gasteiger charge is -2.31. The third kappa shape index (κ3) is 3.19. The number of likely N-dealkylation sites (tertiary alicyclic amines) is 1. The van der Waals surface area contributed by atoms with Gasteiger partial charge in [-0.1, -0.05) is 31.1 Å². The first-order chi connectivity index (χ1) is 12.6. The Bertz CT molecular complexity index is 789. The van der Waals surface area contributed by atoms with Gasteiger partial charge in [0.15, 0.2) is 5.82 Å². The summed E-state index contributed by atoms with van der Waals surface area (Å²) in [5.74, 6) is 2.43. The van der Waals surface area contributed by atoms with E-state index in [9.17, 15) is 4.79 Å². The molecule has 7 nitrogen and oxygen atoms in total. The summed E-state index contributed by atoms with van der Waals surface area (Å²) in [6.45, 7) is 6.39. The number of carbonyl (C=O) groups excluding carboxylic acids is 1. The summed E-state index contributed by atoms with van der Waals surface area (Å²) in [6, 6.07) is 7.71. The fraction of sp³-hybridized carbons (Fsp3) is 0.526. The molecule has 1 amide bonds. The lowest BCUT2D eigenvalue weighted by atomic mass is 10.2. The van der Waals surface area contributed by atoms with Crippen molar-refractivity contribution < 1.29 is 14.1 Å². The Balaban J connectivity index is 1.48. The van der Waals surface area contributed by atoms with Gasteiger partial charge in [0.2, 0.25) is 11.8 Å². The molecule has 1 aromatic heterocycles. The third-order valence-corrected chi connectivity index (χ3v) is 4.99. The van der Waals surface area contributed by atoms with E-state index >= 15 is 0 Å². The Labute approximate surface area is 152 Å². The van der Waals surface area contributed by atoms with Gasteiger partial charge in [-0.15, -0.1) is 0 Å². The van der Waals surface area contributed by atoms with Crippen LogP contribution in [0, 0.1) is 0 Å². The molecule has 1 atom stereocenters. The summed E-state index contributed by atoms with van der Waals surface area (Å²) in [7, 11) is 0. The number of para-hydroxylation sites is 2. The summed E-state index contributed by atoms with van der Waals surface area (Å²) in [5.41, 5.74) is 0.847. The normalized spacial score (nSPS) is 20.3. The Hall–Kier alpha value is -2.41. The summed E-state index contributed by atoms with van der Waals surface area (Å²) in [5, 5.41) is 4.07. The zero-order valence-electron chi connectivity index (χ0n) is 15.2. The van der Waals surface area contributed by atoms with E-state index in [0.29, 0.717) is 25.6 Å². The molecule has 0 radical (unpaired) electrons. The maximum absolute atomic E-state index is 13.0. The van der Waals surface area contributed by atoms with Crippen molar-refractivity contribution in [3.63, 3.8) is 0 Å². The molecule has 4 rings (SSSR count). The van der Waals surface area contributed by atoms with Crippen molar-refractivity contribution in [2.24, 2.45) is 0 Å². The quantitative estimate of drug-likeness (QED) is 0.839. The van der Waals surface area contributed by atoms with E-state index in [2.05, 4.69) is 15.0 Å². The molecule has 0 saturated carbocycles. The van der Waals surface area contributed by atoms with E-state index in [1.807, 2.05) is 43.0 Å². The minimum absolute atomic E-state index is 0.0234. The van der Waals surface area contributed by atoms with Gasteiger partial charge in [-0.3, -0.25) is 9.69 Å². The van der Waals surface area contributed by atoms with Crippen molar-refractivity contribution in [1.82, 2.24) is 15.0 Å². The van der Waals surface area contributed by atoms with Gasteiger partial charge in [0.1, 0.15) is 12.4 Å². The van der Waals surface area contributed by atoms with Crippen LogP contribution in [-0.2, 0) is 4.79 Å². The number of ether oxygens (including phenoxy) is 1. The van der Waals surface area contributed by atoms with Gasteiger partial charge in [-0.05, 0) is 31.5 Å². The molecule has 0 N–H and O–H groups in total. The maximum atomic E-state index is 13.0. The number of nitrogens with zero attached hydrogens (tertiary/aromatic N) is 4. The monoisotopic (exact) mass is 356 g/mol. The average Bonchev–Trinajstić information content (AvgIpc) is 3.30. The van der Waals surface area contributed by atoms with Crippen molar-refractivity contribution in [1.29, 1.82) is 0 Å². The molecule has 2 aliphatic rings. The van der Waals surface area contributed by atoms with E-state index in [1.165, 1.54) is 0 Å². The molecule has 0 aliphatic carbocycles. The molecule has 1 fully saturated rings. The van der Waals surface area contributed by atoms with Crippen molar-refractivity contribution in [2.75, 3.05) is 31.1 Å². The number of benzene rings is 1. The van der Waals surface area contributed by atoms with Crippen LogP contribution in [0.2, 0.25) is 0 Å². The van der Waals surface area contributed by atoms with Crippen LogP contribution in [0.15, 0.2) is 28.8 Å². The first-order valence-electron chi connectivity index (χ1n) is 9.23. The van der Waals surface area contributed by atoms with Crippen molar-refractivity contribution in [2.45, 2.75) is 38.6 Å². The van der Waals surface area contributed by atoms with Gasteiger partial charge in [0, 0.05) is 5.92 Å². The van der Waals surface area contributed by atoms with E-state index in [0.717, 1.165) is 36.6 Å². The second kappa shape index (κ2) is 7.07. The predicted molar refractivity (Wildman–Crippen MR) is 96.2 cm³/mol. The minimum atomic E-state index is 0.0234. The molecule has 3 heterocycles. The first-order valence-corrected chi connectivity index (χ1v) is 9.23. The van der Waals surface area contributed by atoms with Crippen LogP contribution in [0.5, 0.6) is 5.75 Å². The van der Waals surface area contributed by atoms with Crippen LogP contribution in [0.3, 0.4) is 0 Å². The summed E-state index contributed by atoms with van der Waals surface area (Å²) in [4.78, 5) is 21.5. The number of rotatable bonds is 4. The Morgan fingerprint density at radius 2 is 2.15 bits per heavy atom. The molecule has 2 aliphatic heterocycles. The SMILES string of the molecule is CC(C)c1noc(C2CCCN2CC(=O)N2CCOc3ccccc32)n1. The van der Waals surface area contributed by atoms with Crippen LogP contribution >= 0.6 is 0 Å². The van der Waals surface area contributed by atoms with Crippen molar-refractivity contribution in [3.05, 3.63) is 36.0 Å². The molecule has 26 heavy (non-hydrogen) atoms. The molecule has 0 spiro atoms. The Kier molecular flexibility index (Phi) is 4.63. The molecule has 138 valence electrons. The summed E-state index contributed by atoms with van der Waals surface area (Å²) >= 11 is 0.